The van der Waals surface area contributed by atoms with Crippen molar-refractivity contribution in [2.24, 2.45) is 0 Å². The number of ether oxygens (including phenoxy) is 2. The van der Waals surface area contributed by atoms with E-state index in [2.05, 4.69) is 14.5 Å². The van der Waals surface area contributed by atoms with E-state index in [1.165, 1.54) is 0 Å². The molecule has 108 valence electrons. The first kappa shape index (κ1) is 13.6. The lowest BCUT2D eigenvalue weighted by atomic mass is 10.2. The smallest absolute Gasteiger partial charge is 0.215 e. The average molecular weight is 296 g/mol. The van der Waals surface area contributed by atoms with Crippen LogP contribution in [0.1, 0.15) is 31.0 Å². The fourth-order valence-electron chi connectivity index (χ4n) is 2.59. The molecule has 0 spiro atoms. The molecule has 6 heteroatoms. The molecular weight excluding hydrogens is 278 g/mol. The lowest BCUT2D eigenvalue weighted by molar-refractivity contribution is 0.0970. The Bertz CT molecular complexity index is 606. The second-order valence-corrected chi connectivity index (χ2v) is 5.68. The van der Waals surface area contributed by atoms with Gasteiger partial charge in [-0.25, -0.2) is 4.98 Å². The highest BCUT2D eigenvalue weighted by molar-refractivity contribution is 6.20. The molecule has 1 aliphatic rings. The summed E-state index contributed by atoms with van der Waals surface area (Å²) in [5.41, 5.74) is 1.65. The zero-order chi connectivity index (χ0) is 14.1. The Morgan fingerprint density at radius 1 is 1.50 bits per heavy atom. The van der Waals surface area contributed by atoms with Gasteiger partial charge in [0.15, 0.2) is 5.65 Å². The Balaban J connectivity index is 2.06. The van der Waals surface area contributed by atoms with Crippen molar-refractivity contribution in [3.8, 4) is 5.88 Å². The summed E-state index contributed by atoms with van der Waals surface area (Å²) in [5.74, 6) is 1.41. The highest BCUT2D eigenvalue weighted by Crippen LogP contribution is 2.27. The van der Waals surface area contributed by atoms with Gasteiger partial charge in [0.05, 0.1) is 25.1 Å². The number of hydrogen-bond acceptors (Lipinski definition) is 4. The summed E-state index contributed by atoms with van der Waals surface area (Å²) in [5, 5.41) is -0.170. The molecule has 2 aromatic rings. The van der Waals surface area contributed by atoms with Crippen molar-refractivity contribution in [1.82, 2.24) is 14.5 Å². The van der Waals surface area contributed by atoms with Crippen LogP contribution >= 0.6 is 11.6 Å². The van der Waals surface area contributed by atoms with Crippen LogP contribution in [-0.4, -0.2) is 34.4 Å². The number of rotatable bonds is 4. The van der Waals surface area contributed by atoms with Crippen molar-refractivity contribution in [1.29, 1.82) is 0 Å². The molecule has 0 aliphatic carbocycles. The van der Waals surface area contributed by atoms with Gasteiger partial charge in [-0.15, -0.1) is 11.6 Å². The van der Waals surface area contributed by atoms with E-state index in [1.807, 2.05) is 19.1 Å². The third-order valence-corrected chi connectivity index (χ3v) is 3.77. The Hall–Kier alpha value is -1.33. The number of aromatic nitrogens is 3. The van der Waals surface area contributed by atoms with E-state index in [-0.39, 0.29) is 11.5 Å². The Morgan fingerprint density at radius 3 is 3.00 bits per heavy atom. The summed E-state index contributed by atoms with van der Waals surface area (Å²) < 4.78 is 13.0. The fraction of sp³-hybridized carbons (Fsp3) is 0.571. The summed E-state index contributed by atoms with van der Waals surface area (Å²) in [6.07, 6.45) is 2.40. The van der Waals surface area contributed by atoms with E-state index in [1.54, 1.807) is 7.11 Å². The van der Waals surface area contributed by atoms with Crippen molar-refractivity contribution in [3.05, 3.63) is 18.0 Å². The molecule has 2 aromatic heterocycles. The first-order chi connectivity index (χ1) is 9.69. The standard InChI is InChI=1S/C14H18ClN3O2/c1-9(15)13-16-11-5-6-12(19-2)17-14(11)18(13)8-10-4-3-7-20-10/h5-6,9-10H,3-4,7-8H2,1-2H3. The first-order valence-corrected chi connectivity index (χ1v) is 7.29. The second-order valence-electron chi connectivity index (χ2n) is 5.03. The fourth-order valence-corrected chi connectivity index (χ4v) is 2.76. The molecule has 0 radical (unpaired) electrons. The van der Waals surface area contributed by atoms with Crippen molar-refractivity contribution in [2.75, 3.05) is 13.7 Å². The molecule has 2 unspecified atom stereocenters. The SMILES string of the molecule is COc1ccc2nc(C(C)Cl)n(CC3CCCO3)c2n1. The van der Waals surface area contributed by atoms with Crippen molar-refractivity contribution in [2.45, 2.75) is 37.8 Å². The predicted molar refractivity (Wildman–Crippen MR) is 77.3 cm³/mol. The molecule has 2 atom stereocenters. The Kier molecular flexibility index (Phi) is 3.81. The average Bonchev–Trinajstić information content (AvgIpc) is 3.07. The summed E-state index contributed by atoms with van der Waals surface area (Å²) >= 11 is 6.26. The lowest BCUT2D eigenvalue weighted by Gasteiger charge is -2.14. The highest BCUT2D eigenvalue weighted by atomic mass is 35.5. The number of hydrogen-bond donors (Lipinski definition) is 0. The quantitative estimate of drug-likeness (QED) is 0.814. The van der Waals surface area contributed by atoms with Gasteiger partial charge in [-0.05, 0) is 25.8 Å². The molecule has 5 nitrogen and oxygen atoms in total. The third-order valence-electron chi connectivity index (χ3n) is 3.57. The van der Waals surface area contributed by atoms with Crippen molar-refractivity contribution in [3.63, 3.8) is 0 Å². The number of methoxy groups -OCH3 is 1. The maximum absolute atomic E-state index is 6.26. The lowest BCUT2D eigenvalue weighted by Crippen LogP contribution is -2.17. The van der Waals surface area contributed by atoms with Gasteiger partial charge in [-0.1, -0.05) is 0 Å². The number of imidazole rings is 1. The minimum atomic E-state index is -0.170. The highest BCUT2D eigenvalue weighted by Gasteiger charge is 2.22. The van der Waals surface area contributed by atoms with E-state index < -0.39 is 0 Å². The van der Waals surface area contributed by atoms with Gasteiger partial charge in [0, 0.05) is 12.7 Å². The number of alkyl halides is 1. The monoisotopic (exact) mass is 295 g/mol. The summed E-state index contributed by atoms with van der Waals surface area (Å²) in [6, 6.07) is 3.73. The van der Waals surface area contributed by atoms with Gasteiger partial charge in [-0.3, -0.25) is 0 Å². The number of pyridine rings is 1. The molecule has 3 rings (SSSR count). The number of nitrogens with zero attached hydrogens (tertiary/aromatic N) is 3. The number of fused-ring (bicyclic) bond motifs is 1. The molecule has 0 bridgehead atoms. The van der Waals surface area contributed by atoms with Crippen molar-refractivity contribution < 1.29 is 9.47 Å². The molecule has 0 amide bonds. The maximum atomic E-state index is 6.26. The molecule has 0 N–H and O–H groups in total. The van der Waals surface area contributed by atoms with Crippen LogP contribution in [0.4, 0.5) is 0 Å². The Morgan fingerprint density at radius 2 is 2.35 bits per heavy atom. The largest absolute Gasteiger partial charge is 0.481 e. The van der Waals surface area contributed by atoms with Gasteiger partial charge < -0.3 is 14.0 Å². The Labute approximate surface area is 122 Å². The summed E-state index contributed by atoms with van der Waals surface area (Å²) in [4.78, 5) is 9.09. The molecule has 3 heterocycles. The predicted octanol–water partition coefficient (Wildman–Crippen LogP) is 2.92. The van der Waals surface area contributed by atoms with Crippen LogP contribution in [0.5, 0.6) is 5.88 Å². The van der Waals surface area contributed by atoms with Gasteiger partial charge >= 0.3 is 0 Å². The normalized spacial score (nSPS) is 20.4. The molecular formula is C14H18ClN3O2. The zero-order valence-corrected chi connectivity index (χ0v) is 12.4. The molecule has 1 saturated heterocycles. The van der Waals surface area contributed by atoms with E-state index >= 15 is 0 Å². The van der Waals surface area contributed by atoms with Crippen LogP contribution in [0.2, 0.25) is 0 Å². The van der Waals surface area contributed by atoms with Crippen LogP contribution < -0.4 is 4.74 Å². The first-order valence-electron chi connectivity index (χ1n) is 6.86. The minimum absolute atomic E-state index is 0.170. The third kappa shape index (κ3) is 2.47. The van der Waals surface area contributed by atoms with Gasteiger partial charge in [0.25, 0.3) is 0 Å². The molecule has 1 aliphatic heterocycles. The van der Waals surface area contributed by atoms with E-state index in [0.717, 1.165) is 43.0 Å². The van der Waals surface area contributed by atoms with Crippen LogP contribution in [0.15, 0.2) is 12.1 Å². The molecule has 1 fully saturated rings. The summed E-state index contributed by atoms with van der Waals surface area (Å²) in [6.45, 7) is 3.49. The van der Waals surface area contributed by atoms with E-state index in [4.69, 9.17) is 21.1 Å². The van der Waals surface area contributed by atoms with Crippen LogP contribution in [0.3, 0.4) is 0 Å². The van der Waals surface area contributed by atoms with Gasteiger partial charge in [-0.2, -0.15) is 4.98 Å². The van der Waals surface area contributed by atoms with Crippen LogP contribution in [0, 0.1) is 0 Å². The van der Waals surface area contributed by atoms with Crippen LogP contribution in [0.25, 0.3) is 11.2 Å². The topological polar surface area (TPSA) is 49.2 Å². The van der Waals surface area contributed by atoms with Gasteiger partial charge in [0.1, 0.15) is 11.3 Å². The minimum Gasteiger partial charge on any atom is -0.481 e. The maximum Gasteiger partial charge on any atom is 0.215 e. The second kappa shape index (κ2) is 5.58. The van der Waals surface area contributed by atoms with Crippen molar-refractivity contribution >= 4 is 22.8 Å². The van der Waals surface area contributed by atoms with E-state index in [9.17, 15) is 0 Å². The molecule has 0 aromatic carbocycles. The van der Waals surface area contributed by atoms with E-state index in [0.29, 0.717) is 5.88 Å². The molecule has 20 heavy (non-hydrogen) atoms. The van der Waals surface area contributed by atoms with Crippen LogP contribution in [-0.2, 0) is 11.3 Å². The zero-order valence-electron chi connectivity index (χ0n) is 11.7. The number of halogens is 1. The van der Waals surface area contributed by atoms with Gasteiger partial charge in [0.2, 0.25) is 5.88 Å². The molecule has 0 saturated carbocycles. The summed E-state index contributed by atoms with van der Waals surface area (Å²) in [7, 11) is 1.61.